The average Bonchev–Trinajstić information content (AvgIpc) is 2.45. The summed E-state index contributed by atoms with van der Waals surface area (Å²) in [5, 5.41) is 3.88. The van der Waals surface area contributed by atoms with Gasteiger partial charge < -0.3 is 10.1 Å². The molecule has 20 heavy (non-hydrogen) atoms. The first-order chi connectivity index (χ1) is 9.70. The average molecular weight is 292 g/mol. The molecular formula is C15H18ClN3O. The summed E-state index contributed by atoms with van der Waals surface area (Å²) >= 11 is 6.07. The Kier molecular flexibility index (Phi) is 5.32. The molecule has 2 aromatic rings. The van der Waals surface area contributed by atoms with E-state index in [9.17, 15) is 0 Å². The van der Waals surface area contributed by atoms with Crippen LogP contribution in [0.1, 0.15) is 23.9 Å². The Labute approximate surface area is 124 Å². The minimum absolute atomic E-state index is 0.408. The van der Waals surface area contributed by atoms with Crippen LogP contribution in [0.2, 0.25) is 5.02 Å². The SMILES string of the molecule is CCNCc1nc(C)ccc1OCc1ccncc1Cl. The van der Waals surface area contributed by atoms with E-state index in [1.807, 2.05) is 25.1 Å². The van der Waals surface area contributed by atoms with E-state index >= 15 is 0 Å². The summed E-state index contributed by atoms with van der Waals surface area (Å²) < 4.78 is 5.84. The Balaban J connectivity index is 2.10. The van der Waals surface area contributed by atoms with Gasteiger partial charge in [0.05, 0.1) is 10.7 Å². The molecule has 1 N–H and O–H groups in total. The van der Waals surface area contributed by atoms with E-state index in [-0.39, 0.29) is 0 Å². The summed E-state index contributed by atoms with van der Waals surface area (Å²) in [7, 11) is 0. The van der Waals surface area contributed by atoms with Gasteiger partial charge in [-0.3, -0.25) is 9.97 Å². The molecule has 0 saturated heterocycles. The van der Waals surface area contributed by atoms with E-state index in [1.165, 1.54) is 0 Å². The van der Waals surface area contributed by atoms with Gasteiger partial charge in [0, 0.05) is 30.2 Å². The van der Waals surface area contributed by atoms with Gasteiger partial charge in [-0.1, -0.05) is 18.5 Å². The van der Waals surface area contributed by atoms with Crippen LogP contribution < -0.4 is 10.1 Å². The Morgan fingerprint density at radius 2 is 2.15 bits per heavy atom. The first kappa shape index (κ1) is 14.8. The fourth-order valence-electron chi connectivity index (χ4n) is 1.78. The molecule has 0 spiro atoms. The van der Waals surface area contributed by atoms with E-state index < -0.39 is 0 Å². The molecule has 0 bridgehead atoms. The van der Waals surface area contributed by atoms with Gasteiger partial charge in [0.1, 0.15) is 12.4 Å². The second-order valence-electron chi connectivity index (χ2n) is 4.43. The molecule has 4 nitrogen and oxygen atoms in total. The van der Waals surface area contributed by atoms with Gasteiger partial charge in [-0.25, -0.2) is 0 Å². The minimum atomic E-state index is 0.408. The molecule has 0 aromatic carbocycles. The molecule has 0 aliphatic rings. The summed E-state index contributed by atoms with van der Waals surface area (Å²) in [6, 6.07) is 5.75. The van der Waals surface area contributed by atoms with Crippen LogP contribution in [-0.4, -0.2) is 16.5 Å². The molecule has 2 rings (SSSR count). The van der Waals surface area contributed by atoms with Crippen molar-refractivity contribution in [3.8, 4) is 5.75 Å². The highest BCUT2D eigenvalue weighted by Gasteiger charge is 2.07. The number of halogens is 1. The second-order valence-corrected chi connectivity index (χ2v) is 4.84. The van der Waals surface area contributed by atoms with Gasteiger partial charge in [-0.2, -0.15) is 0 Å². The molecule has 0 radical (unpaired) electrons. The van der Waals surface area contributed by atoms with Crippen molar-refractivity contribution in [2.45, 2.75) is 27.0 Å². The predicted molar refractivity (Wildman–Crippen MR) is 79.9 cm³/mol. The summed E-state index contributed by atoms with van der Waals surface area (Å²) in [5.41, 5.74) is 2.81. The van der Waals surface area contributed by atoms with Gasteiger partial charge in [-0.15, -0.1) is 0 Å². The lowest BCUT2D eigenvalue weighted by atomic mass is 10.2. The zero-order valence-corrected chi connectivity index (χ0v) is 12.4. The van der Waals surface area contributed by atoms with Gasteiger partial charge in [0.25, 0.3) is 0 Å². The lowest BCUT2D eigenvalue weighted by molar-refractivity contribution is 0.300. The molecule has 2 heterocycles. The number of nitrogens with zero attached hydrogens (tertiary/aromatic N) is 2. The summed E-state index contributed by atoms with van der Waals surface area (Å²) in [6.45, 7) is 6.03. The fraction of sp³-hybridized carbons (Fsp3) is 0.333. The lowest BCUT2D eigenvalue weighted by Crippen LogP contribution is -2.14. The van der Waals surface area contributed by atoms with Gasteiger partial charge in [0.2, 0.25) is 0 Å². The van der Waals surface area contributed by atoms with Gasteiger partial charge in [0.15, 0.2) is 0 Å². The maximum absolute atomic E-state index is 6.07. The molecule has 0 unspecified atom stereocenters. The molecule has 5 heteroatoms. The third-order valence-corrected chi connectivity index (χ3v) is 3.19. The van der Waals surface area contributed by atoms with Gasteiger partial charge >= 0.3 is 0 Å². The number of nitrogens with one attached hydrogen (secondary N) is 1. The largest absolute Gasteiger partial charge is 0.487 e. The highest BCUT2D eigenvalue weighted by molar-refractivity contribution is 6.31. The molecule has 0 amide bonds. The lowest BCUT2D eigenvalue weighted by Gasteiger charge is -2.12. The van der Waals surface area contributed by atoms with Crippen molar-refractivity contribution in [3.05, 3.63) is 52.6 Å². The van der Waals surface area contributed by atoms with Crippen molar-refractivity contribution in [1.82, 2.24) is 15.3 Å². The predicted octanol–water partition coefficient (Wildman–Crippen LogP) is 3.13. The standard InChI is InChI=1S/C15H18ClN3O/c1-3-17-9-14-15(5-4-11(2)19-14)20-10-12-6-7-18-8-13(12)16/h4-8,17H,3,9-10H2,1-2H3. The zero-order chi connectivity index (χ0) is 14.4. The van der Waals surface area contributed by atoms with Crippen LogP contribution in [0.5, 0.6) is 5.75 Å². The number of rotatable bonds is 6. The van der Waals surface area contributed by atoms with E-state index in [1.54, 1.807) is 12.4 Å². The Hall–Kier alpha value is -1.65. The number of aryl methyl sites for hydroxylation is 1. The molecule has 0 fully saturated rings. The quantitative estimate of drug-likeness (QED) is 0.888. The molecule has 0 saturated carbocycles. The number of hydrogen-bond acceptors (Lipinski definition) is 4. The fourth-order valence-corrected chi connectivity index (χ4v) is 1.95. The minimum Gasteiger partial charge on any atom is -0.487 e. The van der Waals surface area contributed by atoms with Crippen LogP contribution in [0, 0.1) is 6.92 Å². The van der Waals surface area contributed by atoms with Crippen molar-refractivity contribution in [2.75, 3.05) is 6.54 Å². The van der Waals surface area contributed by atoms with Crippen LogP contribution in [0.4, 0.5) is 0 Å². The van der Waals surface area contributed by atoms with E-state index in [2.05, 4.69) is 22.2 Å². The summed E-state index contributed by atoms with van der Waals surface area (Å²) in [5.74, 6) is 0.782. The third kappa shape index (κ3) is 3.92. The van der Waals surface area contributed by atoms with Crippen LogP contribution in [-0.2, 0) is 13.2 Å². The van der Waals surface area contributed by atoms with Crippen molar-refractivity contribution < 1.29 is 4.74 Å². The maximum atomic E-state index is 6.07. The van der Waals surface area contributed by atoms with E-state index in [4.69, 9.17) is 16.3 Å². The molecule has 0 aliphatic heterocycles. The van der Waals surface area contributed by atoms with Crippen molar-refractivity contribution in [2.24, 2.45) is 0 Å². The first-order valence-corrected chi connectivity index (χ1v) is 6.97. The Bertz CT molecular complexity index is 575. The zero-order valence-electron chi connectivity index (χ0n) is 11.7. The number of aromatic nitrogens is 2. The Morgan fingerprint density at radius 3 is 2.90 bits per heavy atom. The maximum Gasteiger partial charge on any atom is 0.142 e. The number of pyridine rings is 2. The molecule has 0 atom stereocenters. The summed E-state index contributed by atoms with van der Waals surface area (Å²) in [4.78, 5) is 8.47. The highest BCUT2D eigenvalue weighted by atomic mass is 35.5. The van der Waals surface area contributed by atoms with Crippen LogP contribution in [0.15, 0.2) is 30.6 Å². The summed E-state index contributed by atoms with van der Waals surface area (Å²) in [6.07, 6.45) is 3.32. The van der Waals surface area contributed by atoms with Crippen molar-refractivity contribution in [3.63, 3.8) is 0 Å². The van der Waals surface area contributed by atoms with Crippen LogP contribution in [0.25, 0.3) is 0 Å². The molecular weight excluding hydrogens is 274 g/mol. The number of ether oxygens (including phenoxy) is 1. The molecule has 106 valence electrons. The second kappa shape index (κ2) is 7.22. The Morgan fingerprint density at radius 1 is 1.30 bits per heavy atom. The van der Waals surface area contributed by atoms with E-state index in [0.29, 0.717) is 18.2 Å². The molecule has 2 aromatic heterocycles. The van der Waals surface area contributed by atoms with Crippen LogP contribution >= 0.6 is 11.6 Å². The smallest absolute Gasteiger partial charge is 0.142 e. The monoisotopic (exact) mass is 291 g/mol. The van der Waals surface area contributed by atoms with Crippen molar-refractivity contribution >= 4 is 11.6 Å². The molecule has 0 aliphatic carbocycles. The third-order valence-electron chi connectivity index (χ3n) is 2.85. The van der Waals surface area contributed by atoms with E-state index in [0.717, 1.165) is 29.2 Å². The van der Waals surface area contributed by atoms with Crippen LogP contribution in [0.3, 0.4) is 0 Å². The number of hydrogen-bond donors (Lipinski definition) is 1. The van der Waals surface area contributed by atoms with Crippen molar-refractivity contribution in [1.29, 1.82) is 0 Å². The normalized spacial score (nSPS) is 10.6. The first-order valence-electron chi connectivity index (χ1n) is 6.59. The highest BCUT2D eigenvalue weighted by Crippen LogP contribution is 2.20. The van der Waals surface area contributed by atoms with Gasteiger partial charge in [-0.05, 0) is 31.7 Å². The topological polar surface area (TPSA) is 47.0 Å².